The largest absolute Gasteiger partial charge is 0.445 e. The molecule has 7 rings (SSSR count). The lowest BCUT2D eigenvalue weighted by molar-refractivity contribution is -0.0802. The van der Waals surface area contributed by atoms with Crippen LogP contribution in [-0.4, -0.2) is 41.3 Å². The maximum Gasteiger partial charge on any atom is 0.410 e. The van der Waals surface area contributed by atoms with Crippen molar-refractivity contribution in [3.8, 4) is 0 Å². The molecule has 0 aromatic heterocycles. The fraction of sp³-hybridized carbons (Fsp3) is 0.750. The molecule has 0 unspecified atom stereocenters. The Kier molecular flexibility index (Phi) is 7.57. The van der Waals surface area contributed by atoms with E-state index in [1.54, 1.807) is 11.1 Å². The number of azide groups is 1. The molecule has 1 spiro atoms. The monoisotopic (exact) mass is 586 g/mol. The molecule has 2 heterocycles. The van der Waals surface area contributed by atoms with Gasteiger partial charge < -0.3 is 14.4 Å². The Morgan fingerprint density at radius 3 is 2.74 bits per heavy atom. The fourth-order valence-electron chi connectivity index (χ4n) is 11.2. The fourth-order valence-corrected chi connectivity index (χ4v) is 11.2. The first-order chi connectivity index (χ1) is 20.7. The third-order valence-electron chi connectivity index (χ3n) is 13.4. The van der Waals surface area contributed by atoms with Crippen molar-refractivity contribution in [1.82, 2.24) is 4.90 Å². The maximum atomic E-state index is 13.5. The molecule has 7 heteroatoms. The Bertz CT molecular complexity index is 1310. The van der Waals surface area contributed by atoms with Gasteiger partial charge in [0.25, 0.3) is 0 Å². The number of carbonyl (C=O) groups excluding carboxylic acids is 1. The van der Waals surface area contributed by atoms with Crippen LogP contribution in [0, 0.1) is 40.9 Å². The molecule has 3 saturated carbocycles. The van der Waals surface area contributed by atoms with Gasteiger partial charge in [0.2, 0.25) is 0 Å². The summed E-state index contributed by atoms with van der Waals surface area (Å²) in [4.78, 5) is 18.7. The summed E-state index contributed by atoms with van der Waals surface area (Å²) in [5.74, 6) is 3.53. The van der Waals surface area contributed by atoms with E-state index in [0.717, 1.165) is 56.0 Å². The van der Waals surface area contributed by atoms with Crippen LogP contribution >= 0.6 is 0 Å². The number of benzene rings is 1. The van der Waals surface area contributed by atoms with Gasteiger partial charge in [-0.1, -0.05) is 67.4 Å². The van der Waals surface area contributed by atoms with Crippen LogP contribution < -0.4 is 0 Å². The summed E-state index contributed by atoms with van der Waals surface area (Å²) in [6, 6.07) is 10.2. The number of ether oxygens (including phenoxy) is 2. The molecule has 4 aliphatic carbocycles. The second kappa shape index (κ2) is 11.1. The van der Waals surface area contributed by atoms with Crippen LogP contribution in [0.3, 0.4) is 0 Å². The SMILES string of the molecule is CC1=C2C[C@H]3[C@@H](CC[C@@H]4C[C@H](N=[N+]=[N-])CC[C@@]43C)[C@@H]2CC[C@@]2(C1)O[C@@H]1C[C@H](C)CN(C(=O)OCc3ccccc3)[C@H]1[C@H]2C. The minimum Gasteiger partial charge on any atom is -0.445 e. The number of fused-ring (bicyclic) bond motifs is 6. The van der Waals surface area contributed by atoms with Gasteiger partial charge in [-0.05, 0) is 117 Å². The first-order valence-electron chi connectivity index (χ1n) is 17.1. The topological polar surface area (TPSA) is 87.5 Å². The standard InChI is InChI=1S/C36H50N4O3/c1-22-16-32-33(40(20-22)34(41)42-21-25-8-6-5-7-9-25)24(3)36(43-32)15-13-28-29-11-10-26-17-27(38-39-37)12-14-35(26,4)31(29)18-30(28)23(2)19-36/h5-9,22,24,26-29,31-33H,10-21H2,1-4H3/t22-,24+,26+,27+,28-,29-,31-,32+,33-,35-,36-/m0/s1. The number of hydrogen-bond donors (Lipinski definition) is 0. The van der Waals surface area contributed by atoms with Gasteiger partial charge in [-0.25, -0.2) is 4.79 Å². The third kappa shape index (κ3) is 4.90. The van der Waals surface area contributed by atoms with Gasteiger partial charge in [0.05, 0.1) is 17.7 Å². The minimum atomic E-state index is -0.206. The summed E-state index contributed by atoms with van der Waals surface area (Å²) in [6.45, 7) is 10.6. The Morgan fingerprint density at radius 2 is 1.95 bits per heavy atom. The normalized spacial score (nSPS) is 43.6. The number of piperidine rings is 1. The predicted molar refractivity (Wildman–Crippen MR) is 167 cm³/mol. The molecule has 232 valence electrons. The minimum absolute atomic E-state index is 0.0727. The smallest absolute Gasteiger partial charge is 0.410 e. The Hall–Kier alpha value is -2.50. The summed E-state index contributed by atoms with van der Waals surface area (Å²) in [5.41, 5.74) is 13.5. The highest BCUT2D eigenvalue weighted by molar-refractivity contribution is 5.68. The Labute approximate surface area is 257 Å². The zero-order valence-corrected chi connectivity index (χ0v) is 26.6. The molecule has 1 amide bonds. The zero-order valence-electron chi connectivity index (χ0n) is 26.6. The van der Waals surface area contributed by atoms with Gasteiger partial charge in [-0.15, -0.1) is 0 Å². The zero-order chi connectivity index (χ0) is 29.9. The third-order valence-corrected chi connectivity index (χ3v) is 13.4. The second-order valence-corrected chi connectivity index (χ2v) is 15.5. The molecular formula is C36H50N4O3. The molecule has 6 aliphatic rings. The van der Waals surface area contributed by atoms with E-state index in [-0.39, 0.29) is 35.8 Å². The van der Waals surface area contributed by atoms with Gasteiger partial charge in [0.1, 0.15) is 6.61 Å². The average molecular weight is 587 g/mol. The van der Waals surface area contributed by atoms with Crippen LogP contribution in [-0.2, 0) is 16.1 Å². The van der Waals surface area contributed by atoms with Crippen molar-refractivity contribution < 1.29 is 14.3 Å². The second-order valence-electron chi connectivity index (χ2n) is 15.5. The van der Waals surface area contributed by atoms with Crippen LogP contribution in [0.5, 0.6) is 0 Å². The van der Waals surface area contributed by atoms with E-state index in [1.165, 1.54) is 32.1 Å². The number of amides is 1. The lowest BCUT2D eigenvalue weighted by atomic mass is 9.52. The highest BCUT2D eigenvalue weighted by Gasteiger charge is 2.60. The van der Waals surface area contributed by atoms with E-state index >= 15 is 0 Å². The molecule has 5 fully saturated rings. The van der Waals surface area contributed by atoms with E-state index in [2.05, 4.69) is 37.7 Å². The van der Waals surface area contributed by atoms with E-state index in [0.29, 0.717) is 29.8 Å². The lowest BCUT2D eigenvalue weighted by Crippen LogP contribution is -2.54. The van der Waals surface area contributed by atoms with Crippen molar-refractivity contribution in [1.29, 1.82) is 0 Å². The number of nitrogens with zero attached hydrogens (tertiary/aromatic N) is 4. The molecule has 11 atom stereocenters. The van der Waals surface area contributed by atoms with Crippen LogP contribution in [0.4, 0.5) is 4.79 Å². The van der Waals surface area contributed by atoms with Crippen molar-refractivity contribution in [2.75, 3.05) is 6.54 Å². The summed E-state index contributed by atoms with van der Waals surface area (Å²) in [5, 5.41) is 4.14. The average Bonchev–Trinajstić information content (AvgIpc) is 3.46. The molecular weight excluding hydrogens is 536 g/mol. The summed E-state index contributed by atoms with van der Waals surface area (Å²) in [7, 11) is 0. The maximum absolute atomic E-state index is 13.5. The number of hydrogen-bond acceptors (Lipinski definition) is 4. The summed E-state index contributed by atoms with van der Waals surface area (Å²) in [6.07, 6.45) is 11.3. The van der Waals surface area contributed by atoms with Crippen molar-refractivity contribution >= 4 is 6.09 Å². The van der Waals surface area contributed by atoms with Crippen molar-refractivity contribution in [3.63, 3.8) is 0 Å². The van der Waals surface area contributed by atoms with E-state index in [1.807, 2.05) is 35.2 Å². The molecule has 7 nitrogen and oxygen atoms in total. The first kappa shape index (κ1) is 29.2. The quantitative estimate of drug-likeness (QED) is 0.153. The molecule has 1 aromatic rings. The van der Waals surface area contributed by atoms with Gasteiger partial charge in [-0.3, -0.25) is 0 Å². The van der Waals surface area contributed by atoms with Crippen LogP contribution in [0.2, 0.25) is 0 Å². The number of rotatable bonds is 3. The van der Waals surface area contributed by atoms with Crippen molar-refractivity contribution in [3.05, 3.63) is 57.5 Å². The molecule has 0 N–H and O–H groups in total. The number of carbonyl (C=O) groups is 1. The van der Waals surface area contributed by atoms with Crippen LogP contribution in [0.25, 0.3) is 10.4 Å². The lowest BCUT2D eigenvalue weighted by Gasteiger charge is -2.53. The van der Waals surface area contributed by atoms with Crippen LogP contribution in [0.15, 0.2) is 46.6 Å². The highest BCUT2D eigenvalue weighted by atomic mass is 16.6. The first-order valence-corrected chi connectivity index (χ1v) is 17.1. The molecule has 0 bridgehead atoms. The molecule has 1 aromatic carbocycles. The van der Waals surface area contributed by atoms with Gasteiger partial charge in [-0.2, -0.15) is 0 Å². The molecule has 0 radical (unpaired) electrons. The van der Waals surface area contributed by atoms with E-state index in [4.69, 9.17) is 15.0 Å². The van der Waals surface area contributed by atoms with Crippen molar-refractivity contribution in [2.24, 2.45) is 46.0 Å². The van der Waals surface area contributed by atoms with Gasteiger partial charge in [0, 0.05) is 23.4 Å². The Morgan fingerprint density at radius 1 is 1.14 bits per heavy atom. The molecule has 2 saturated heterocycles. The molecule has 2 aliphatic heterocycles. The van der Waals surface area contributed by atoms with Crippen molar-refractivity contribution in [2.45, 2.75) is 122 Å². The van der Waals surface area contributed by atoms with Gasteiger partial charge in [0.15, 0.2) is 0 Å². The van der Waals surface area contributed by atoms with Gasteiger partial charge >= 0.3 is 6.09 Å². The number of likely N-dealkylation sites (tertiary alicyclic amines) is 1. The van der Waals surface area contributed by atoms with E-state index < -0.39 is 0 Å². The molecule has 43 heavy (non-hydrogen) atoms. The Balaban J connectivity index is 1.10. The summed E-state index contributed by atoms with van der Waals surface area (Å²) < 4.78 is 13.1. The van der Waals surface area contributed by atoms with Crippen LogP contribution in [0.1, 0.15) is 97.5 Å². The van der Waals surface area contributed by atoms with E-state index in [9.17, 15) is 4.79 Å². The number of allylic oxidation sites excluding steroid dienone is 1. The summed E-state index contributed by atoms with van der Waals surface area (Å²) >= 11 is 0. The highest BCUT2D eigenvalue weighted by Crippen LogP contribution is 2.65. The predicted octanol–water partition coefficient (Wildman–Crippen LogP) is 8.84.